The van der Waals surface area contributed by atoms with E-state index >= 15 is 0 Å². The first-order valence-corrected chi connectivity index (χ1v) is 8.32. The number of nitrogens with two attached hydrogens (primary N) is 1. The number of rotatable bonds is 10. The molecule has 3 N–H and O–H groups in total. The molecule has 0 aromatic heterocycles. The van der Waals surface area contributed by atoms with Crippen LogP contribution in [-0.4, -0.2) is 38.2 Å². The monoisotopic (exact) mass is 332 g/mol. The van der Waals surface area contributed by atoms with Gasteiger partial charge in [0.25, 0.3) is 5.91 Å². The van der Waals surface area contributed by atoms with Crippen LogP contribution in [0.4, 0.5) is 0 Å². The number of carbonyl (C=O) groups is 1. The number of amides is 1. The minimum absolute atomic E-state index is 0.234. The van der Waals surface area contributed by atoms with E-state index in [9.17, 15) is 4.79 Å². The molecular formula is C14H21ClN2O3S. The second kappa shape index (κ2) is 9.76. The van der Waals surface area contributed by atoms with Gasteiger partial charge in [0.2, 0.25) is 0 Å². The van der Waals surface area contributed by atoms with Crippen LogP contribution in [-0.2, 0) is 11.3 Å². The molecule has 0 radical (unpaired) electrons. The molecule has 0 fully saturated rings. The molecule has 7 heteroatoms. The van der Waals surface area contributed by atoms with E-state index in [0.717, 1.165) is 24.3 Å². The molecule has 0 bridgehead atoms. The van der Waals surface area contributed by atoms with Gasteiger partial charge in [-0.05, 0) is 42.7 Å². The topological polar surface area (TPSA) is 73.6 Å². The third-order valence-corrected chi connectivity index (χ3v) is 3.66. The molecule has 21 heavy (non-hydrogen) atoms. The van der Waals surface area contributed by atoms with Gasteiger partial charge in [-0.1, -0.05) is 11.6 Å². The van der Waals surface area contributed by atoms with Crippen molar-refractivity contribution >= 4 is 29.3 Å². The first-order chi connectivity index (χ1) is 10.1. The number of primary amides is 1. The Morgan fingerprint density at radius 2 is 2.24 bits per heavy atom. The molecule has 1 aromatic carbocycles. The molecule has 0 saturated carbocycles. The van der Waals surface area contributed by atoms with Crippen molar-refractivity contribution < 1.29 is 14.3 Å². The normalized spacial score (nSPS) is 10.4. The Hall–Kier alpha value is -1.11. The first-order valence-electron chi connectivity index (χ1n) is 6.55. The van der Waals surface area contributed by atoms with Gasteiger partial charge in [0.1, 0.15) is 0 Å². The van der Waals surface area contributed by atoms with Crippen LogP contribution < -0.4 is 20.5 Å². The summed E-state index contributed by atoms with van der Waals surface area (Å²) in [7, 11) is 1.53. The van der Waals surface area contributed by atoms with Crippen LogP contribution in [0.2, 0.25) is 5.02 Å². The fourth-order valence-corrected chi connectivity index (χ4v) is 2.45. The molecule has 1 aromatic rings. The van der Waals surface area contributed by atoms with E-state index in [4.69, 9.17) is 26.8 Å². The summed E-state index contributed by atoms with van der Waals surface area (Å²) in [5.74, 6) is 1.40. The number of hydrogen-bond acceptors (Lipinski definition) is 5. The molecule has 1 amide bonds. The minimum Gasteiger partial charge on any atom is -0.493 e. The fraction of sp³-hybridized carbons (Fsp3) is 0.500. The molecule has 0 saturated heterocycles. The summed E-state index contributed by atoms with van der Waals surface area (Å²) >= 11 is 8.00. The second-order valence-electron chi connectivity index (χ2n) is 4.39. The maximum atomic E-state index is 10.8. The summed E-state index contributed by atoms with van der Waals surface area (Å²) in [4.78, 5) is 10.8. The number of ether oxygens (including phenoxy) is 2. The summed E-state index contributed by atoms with van der Waals surface area (Å²) in [6.07, 6.45) is 3.21. The summed E-state index contributed by atoms with van der Waals surface area (Å²) in [5.41, 5.74) is 6.05. The number of nitrogens with one attached hydrogen (secondary N) is 1. The van der Waals surface area contributed by atoms with Gasteiger partial charge in [-0.25, -0.2) is 0 Å². The Morgan fingerprint density at radius 3 is 2.86 bits per heavy atom. The van der Waals surface area contributed by atoms with Crippen molar-refractivity contribution in [2.75, 3.05) is 32.3 Å². The number of thioether (sulfide) groups is 1. The Kier molecular flexibility index (Phi) is 8.34. The van der Waals surface area contributed by atoms with Crippen LogP contribution >= 0.6 is 23.4 Å². The zero-order valence-corrected chi connectivity index (χ0v) is 13.9. The molecule has 0 atom stereocenters. The Bertz CT molecular complexity index is 472. The summed E-state index contributed by atoms with van der Waals surface area (Å²) < 4.78 is 10.5. The molecular weight excluding hydrogens is 312 g/mol. The third-order valence-electron chi connectivity index (χ3n) is 2.68. The first kappa shape index (κ1) is 17.9. The molecule has 0 spiro atoms. The van der Waals surface area contributed by atoms with E-state index in [1.165, 1.54) is 7.11 Å². The van der Waals surface area contributed by atoms with Gasteiger partial charge in [-0.3, -0.25) is 4.79 Å². The maximum Gasteiger partial charge on any atom is 0.255 e. The molecule has 0 aliphatic heterocycles. The lowest BCUT2D eigenvalue weighted by atomic mass is 10.2. The van der Waals surface area contributed by atoms with Crippen molar-refractivity contribution in [3.05, 3.63) is 22.7 Å². The zero-order chi connectivity index (χ0) is 15.7. The lowest BCUT2D eigenvalue weighted by Gasteiger charge is -2.13. The van der Waals surface area contributed by atoms with E-state index < -0.39 is 5.91 Å². The van der Waals surface area contributed by atoms with E-state index in [-0.39, 0.29) is 6.61 Å². The predicted octanol–water partition coefficient (Wildman–Crippen LogP) is 2.06. The number of halogens is 1. The summed E-state index contributed by atoms with van der Waals surface area (Å²) in [5, 5.41) is 3.74. The third kappa shape index (κ3) is 6.46. The van der Waals surface area contributed by atoms with Crippen molar-refractivity contribution in [3.8, 4) is 11.5 Å². The van der Waals surface area contributed by atoms with E-state index in [1.54, 1.807) is 6.07 Å². The Labute approximate surface area is 134 Å². The fourth-order valence-electron chi connectivity index (χ4n) is 1.73. The van der Waals surface area contributed by atoms with Crippen LogP contribution in [0.3, 0.4) is 0 Å². The summed E-state index contributed by atoms with van der Waals surface area (Å²) in [6.45, 7) is 1.41. The predicted molar refractivity (Wildman–Crippen MR) is 87.4 cm³/mol. The van der Waals surface area contributed by atoms with Crippen LogP contribution in [0.1, 0.15) is 12.0 Å². The smallest absolute Gasteiger partial charge is 0.255 e. The molecule has 0 aliphatic carbocycles. The van der Waals surface area contributed by atoms with Crippen molar-refractivity contribution in [2.24, 2.45) is 5.73 Å². The van der Waals surface area contributed by atoms with Gasteiger partial charge >= 0.3 is 0 Å². The van der Waals surface area contributed by atoms with Gasteiger partial charge in [0.15, 0.2) is 18.1 Å². The van der Waals surface area contributed by atoms with Gasteiger partial charge in [-0.2, -0.15) is 11.8 Å². The molecule has 0 aliphatic rings. The van der Waals surface area contributed by atoms with E-state index in [0.29, 0.717) is 23.1 Å². The van der Waals surface area contributed by atoms with Crippen molar-refractivity contribution in [2.45, 2.75) is 13.0 Å². The number of benzene rings is 1. The highest BCUT2D eigenvalue weighted by molar-refractivity contribution is 7.98. The van der Waals surface area contributed by atoms with Gasteiger partial charge in [0.05, 0.1) is 12.1 Å². The van der Waals surface area contributed by atoms with Gasteiger partial charge < -0.3 is 20.5 Å². The van der Waals surface area contributed by atoms with E-state index in [1.807, 2.05) is 17.8 Å². The number of hydrogen-bond donors (Lipinski definition) is 2. The SMILES string of the molecule is COc1cc(CNCCCSC)cc(Cl)c1OCC(N)=O. The average molecular weight is 333 g/mol. The van der Waals surface area contributed by atoms with Crippen molar-refractivity contribution in [3.63, 3.8) is 0 Å². The molecule has 0 unspecified atom stereocenters. The van der Waals surface area contributed by atoms with Crippen molar-refractivity contribution in [1.82, 2.24) is 5.32 Å². The number of carbonyl (C=O) groups excluding carboxylic acids is 1. The van der Waals surface area contributed by atoms with Crippen molar-refractivity contribution in [1.29, 1.82) is 0 Å². The largest absolute Gasteiger partial charge is 0.493 e. The maximum absolute atomic E-state index is 10.8. The minimum atomic E-state index is -0.562. The number of methoxy groups -OCH3 is 1. The quantitative estimate of drug-likeness (QED) is 0.641. The molecule has 1 rings (SSSR count). The standard InChI is InChI=1S/C14H21ClN2O3S/c1-19-12-7-10(8-17-4-3-5-21-2)6-11(15)14(12)20-9-13(16)18/h6-7,17H,3-5,8-9H2,1-2H3,(H2,16,18). The van der Waals surface area contributed by atoms with Crippen LogP contribution in [0.15, 0.2) is 12.1 Å². The average Bonchev–Trinajstić information content (AvgIpc) is 2.45. The highest BCUT2D eigenvalue weighted by Crippen LogP contribution is 2.36. The van der Waals surface area contributed by atoms with Gasteiger partial charge in [0, 0.05) is 6.54 Å². The second-order valence-corrected chi connectivity index (χ2v) is 5.78. The Morgan fingerprint density at radius 1 is 1.48 bits per heavy atom. The van der Waals surface area contributed by atoms with E-state index in [2.05, 4.69) is 11.6 Å². The highest BCUT2D eigenvalue weighted by Gasteiger charge is 2.13. The lowest BCUT2D eigenvalue weighted by molar-refractivity contribution is -0.119. The lowest BCUT2D eigenvalue weighted by Crippen LogP contribution is -2.20. The Balaban J connectivity index is 2.67. The summed E-state index contributed by atoms with van der Waals surface area (Å²) in [6, 6.07) is 3.63. The zero-order valence-electron chi connectivity index (χ0n) is 12.3. The highest BCUT2D eigenvalue weighted by atomic mass is 35.5. The van der Waals surface area contributed by atoms with Crippen LogP contribution in [0.25, 0.3) is 0 Å². The van der Waals surface area contributed by atoms with Gasteiger partial charge in [-0.15, -0.1) is 0 Å². The van der Waals surface area contributed by atoms with Crippen LogP contribution in [0, 0.1) is 0 Å². The molecule has 118 valence electrons. The van der Waals surface area contributed by atoms with Crippen LogP contribution in [0.5, 0.6) is 11.5 Å². The molecule has 5 nitrogen and oxygen atoms in total. The molecule has 0 heterocycles.